The van der Waals surface area contributed by atoms with Gasteiger partial charge >= 0.3 is 5.97 Å². The number of carboxylic acids is 1. The topological polar surface area (TPSA) is 82.5 Å². The number of halogens is 2. The fourth-order valence-corrected chi connectivity index (χ4v) is 4.59. The second-order valence-electron chi connectivity index (χ2n) is 7.89. The van der Waals surface area contributed by atoms with E-state index in [0.717, 1.165) is 0 Å². The summed E-state index contributed by atoms with van der Waals surface area (Å²) in [5, 5.41) is 12.7. The third-order valence-corrected chi connectivity index (χ3v) is 6.46. The molecule has 8 heteroatoms. The van der Waals surface area contributed by atoms with Crippen molar-refractivity contribution < 1.29 is 28.4 Å². The first kappa shape index (κ1) is 15.5. The second kappa shape index (κ2) is 11.4. The third kappa shape index (κ3) is 5.96. The van der Waals surface area contributed by atoms with Gasteiger partial charge in [-0.25, -0.2) is 4.98 Å². The Hall–Kier alpha value is -2.64. The highest BCUT2D eigenvalue weighted by Gasteiger charge is 2.24. The number of nitrogens with one attached hydrogen (secondary N) is 1. The molecule has 1 aliphatic heterocycles. The minimum atomic E-state index is -3.62. The predicted molar refractivity (Wildman–Crippen MR) is 144 cm³/mol. The standard InChI is InChI=1S/C27H29BrClN3O3/c1-17-25(21-15-19(28)10-11-23(21)31-26(17)32-13-5-2-6-14-32)27(35)30-16-18(9-12-24(33)34)20-7-3-4-8-22(20)29/h3-4,7-8,10-11,15,18H,2,5-6,9,12-14,16H2,1H3,(H,30,35)(H,33,34)/i2D2,5D2,6D2,13D2,14D2. The normalized spacial score (nSPS) is 26.1. The highest BCUT2D eigenvalue weighted by Crippen LogP contribution is 2.32. The number of hydrogen-bond donors (Lipinski definition) is 2. The highest BCUT2D eigenvalue weighted by molar-refractivity contribution is 9.10. The van der Waals surface area contributed by atoms with Crippen LogP contribution < -0.4 is 10.2 Å². The van der Waals surface area contributed by atoms with Crippen molar-refractivity contribution in [2.45, 2.75) is 44.8 Å². The second-order valence-corrected chi connectivity index (χ2v) is 9.21. The summed E-state index contributed by atoms with van der Waals surface area (Å²) in [4.78, 5) is 29.8. The molecule has 6 nitrogen and oxygen atoms in total. The van der Waals surface area contributed by atoms with E-state index in [1.807, 2.05) is 0 Å². The Morgan fingerprint density at radius 1 is 1.23 bits per heavy atom. The van der Waals surface area contributed by atoms with E-state index in [1.54, 1.807) is 36.4 Å². The van der Waals surface area contributed by atoms with Crippen LogP contribution in [0, 0.1) is 6.92 Å². The van der Waals surface area contributed by atoms with Crippen LogP contribution in [0.25, 0.3) is 10.9 Å². The zero-order chi connectivity index (χ0) is 33.9. The van der Waals surface area contributed by atoms with Gasteiger partial charge in [0.25, 0.3) is 5.91 Å². The molecular formula is C27H29BrClN3O3. The molecule has 4 rings (SSSR count). The van der Waals surface area contributed by atoms with Crippen LogP contribution >= 0.6 is 27.5 Å². The fourth-order valence-electron chi connectivity index (χ4n) is 3.94. The Kier molecular flexibility index (Phi) is 5.04. The van der Waals surface area contributed by atoms with Gasteiger partial charge in [0.2, 0.25) is 0 Å². The number of amides is 1. The number of hydrogen-bond acceptors (Lipinski definition) is 4. The van der Waals surface area contributed by atoms with E-state index in [-0.39, 0.29) is 46.3 Å². The van der Waals surface area contributed by atoms with Crippen molar-refractivity contribution in [3.63, 3.8) is 0 Å². The number of piperidine rings is 1. The van der Waals surface area contributed by atoms with Crippen LogP contribution in [0.1, 0.15) is 73.1 Å². The molecule has 35 heavy (non-hydrogen) atoms. The minimum Gasteiger partial charge on any atom is -0.481 e. The number of carbonyl (C=O) groups is 2. The zero-order valence-corrected chi connectivity index (χ0v) is 21.0. The van der Waals surface area contributed by atoms with Crippen molar-refractivity contribution in [3.05, 3.63) is 68.7 Å². The van der Waals surface area contributed by atoms with E-state index in [2.05, 4.69) is 26.2 Å². The lowest BCUT2D eigenvalue weighted by Gasteiger charge is -2.30. The lowest BCUT2D eigenvalue weighted by atomic mass is 9.93. The summed E-state index contributed by atoms with van der Waals surface area (Å²) in [5.41, 5.74) is 0.446. The molecule has 1 saturated heterocycles. The molecule has 1 aromatic heterocycles. The fraction of sp³-hybridized carbons (Fsp3) is 0.370. The maximum Gasteiger partial charge on any atom is 0.303 e. The van der Waals surface area contributed by atoms with E-state index >= 15 is 0 Å². The molecule has 1 amide bonds. The summed E-state index contributed by atoms with van der Waals surface area (Å²) in [7, 11) is 0. The van der Waals surface area contributed by atoms with Gasteiger partial charge in [0.15, 0.2) is 0 Å². The Labute approximate surface area is 232 Å². The van der Waals surface area contributed by atoms with E-state index in [4.69, 9.17) is 25.3 Å². The maximum absolute atomic E-state index is 13.9. The van der Waals surface area contributed by atoms with Gasteiger partial charge in [-0.15, -0.1) is 0 Å². The summed E-state index contributed by atoms with van der Waals surface area (Å²) in [6.45, 7) is -5.73. The van der Waals surface area contributed by atoms with Gasteiger partial charge < -0.3 is 15.3 Å². The summed E-state index contributed by atoms with van der Waals surface area (Å²) in [6.07, 6.45) is -10.9. The molecule has 0 spiro atoms. The number of nitrogens with zero attached hydrogens (tertiary/aromatic N) is 2. The number of anilines is 1. The molecule has 184 valence electrons. The minimum absolute atomic E-state index is 0.0683. The Balaban J connectivity index is 1.88. The maximum atomic E-state index is 13.9. The molecule has 0 bridgehead atoms. The van der Waals surface area contributed by atoms with Gasteiger partial charge in [-0.3, -0.25) is 9.59 Å². The molecule has 1 atom stereocenters. The molecule has 0 saturated carbocycles. The molecule has 3 aromatic rings. The van der Waals surface area contributed by atoms with Crippen LogP contribution in [0.15, 0.2) is 46.9 Å². The van der Waals surface area contributed by atoms with Crippen molar-refractivity contribution in [1.29, 1.82) is 0 Å². The number of carbonyl (C=O) groups excluding carboxylic acids is 1. The Morgan fingerprint density at radius 3 is 2.69 bits per heavy atom. The molecule has 2 aromatic carbocycles. The number of aliphatic carboxylic acids is 1. The molecule has 1 aliphatic rings. The van der Waals surface area contributed by atoms with Crippen LogP contribution in [0.2, 0.25) is 5.02 Å². The first-order chi connectivity index (χ1) is 20.6. The van der Waals surface area contributed by atoms with E-state index in [0.29, 0.717) is 15.1 Å². The van der Waals surface area contributed by atoms with E-state index < -0.39 is 55.7 Å². The quantitative estimate of drug-likeness (QED) is 0.332. The lowest BCUT2D eigenvalue weighted by molar-refractivity contribution is -0.137. The molecule has 2 N–H and O–H groups in total. The van der Waals surface area contributed by atoms with Gasteiger partial charge in [0.05, 0.1) is 11.1 Å². The SMILES string of the molecule is [2H]C1([2H])N(c2nc3ccc(Br)cc3c(C(=O)NCC(CCC(=O)O)c3ccccc3Cl)c2C)C([2H])([2H])C([2H])([2H])C([2H])([2H])C1([2H])[2H]. The summed E-state index contributed by atoms with van der Waals surface area (Å²) in [6, 6.07) is 11.4. The lowest BCUT2D eigenvalue weighted by Crippen LogP contribution is -2.33. The van der Waals surface area contributed by atoms with Crippen molar-refractivity contribution in [3.8, 4) is 0 Å². The molecule has 0 radical (unpaired) electrons. The summed E-state index contributed by atoms with van der Waals surface area (Å²) < 4.78 is 84.6. The number of benzene rings is 2. The summed E-state index contributed by atoms with van der Waals surface area (Å²) >= 11 is 9.72. The monoisotopic (exact) mass is 567 g/mol. The zero-order valence-electron chi connectivity index (χ0n) is 28.7. The van der Waals surface area contributed by atoms with E-state index in [1.165, 1.54) is 13.0 Å². The van der Waals surface area contributed by atoms with Crippen molar-refractivity contribution in [2.24, 2.45) is 0 Å². The Bertz CT molecular complexity index is 1640. The van der Waals surface area contributed by atoms with Gasteiger partial charge in [-0.1, -0.05) is 45.7 Å². The average molecular weight is 569 g/mol. The number of fused-ring (bicyclic) bond motifs is 1. The molecule has 1 unspecified atom stereocenters. The van der Waals surface area contributed by atoms with Crippen molar-refractivity contribution in [1.82, 2.24) is 10.3 Å². The predicted octanol–water partition coefficient (Wildman–Crippen LogP) is 6.33. The van der Waals surface area contributed by atoms with Gasteiger partial charge in [0, 0.05) is 66.0 Å². The number of pyridine rings is 1. The first-order valence-electron chi connectivity index (χ1n) is 15.8. The largest absolute Gasteiger partial charge is 0.481 e. The highest BCUT2D eigenvalue weighted by atomic mass is 79.9. The Morgan fingerprint density at radius 2 is 1.97 bits per heavy atom. The van der Waals surface area contributed by atoms with E-state index in [9.17, 15) is 14.7 Å². The van der Waals surface area contributed by atoms with Gasteiger partial charge in [-0.05, 0) is 62.3 Å². The van der Waals surface area contributed by atoms with Gasteiger partial charge in [0.1, 0.15) is 5.82 Å². The van der Waals surface area contributed by atoms with Crippen LogP contribution in [0.4, 0.5) is 5.82 Å². The van der Waals surface area contributed by atoms with Gasteiger partial charge in [-0.2, -0.15) is 0 Å². The molecule has 0 aliphatic carbocycles. The van der Waals surface area contributed by atoms with Crippen LogP contribution in [0.5, 0.6) is 0 Å². The smallest absolute Gasteiger partial charge is 0.303 e. The number of aromatic nitrogens is 1. The average Bonchev–Trinajstić information content (AvgIpc) is 2.93. The van der Waals surface area contributed by atoms with Crippen LogP contribution in [-0.4, -0.2) is 41.5 Å². The summed E-state index contributed by atoms with van der Waals surface area (Å²) in [5.74, 6) is -2.89. The van der Waals surface area contributed by atoms with Crippen LogP contribution in [-0.2, 0) is 4.79 Å². The molecule has 2 heterocycles. The third-order valence-electron chi connectivity index (χ3n) is 5.62. The van der Waals surface area contributed by atoms with Crippen LogP contribution in [0.3, 0.4) is 0 Å². The molecule has 1 fully saturated rings. The number of carboxylic acid groups (broad SMARTS) is 1. The van der Waals surface area contributed by atoms with Crippen molar-refractivity contribution >= 4 is 56.1 Å². The number of rotatable bonds is 8. The van der Waals surface area contributed by atoms with Crippen molar-refractivity contribution in [2.75, 3.05) is 24.4 Å². The molecular weight excluding hydrogens is 530 g/mol. The first-order valence-corrected chi connectivity index (χ1v) is 11.9.